The fourth-order valence-electron chi connectivity index (χ4n) is 3.66. The van der Waals surface area contributed by atoms with Gasteiger partial charge in [0.25, 0.3) is 11.4 Å². The van der Waals surface area contributed by atoms with Crippen molar-refractivity contribution in [2.45, 2.75) is 37.0 Å². The predicted octanol–water partition coefficient (Wildman–Crippen LogP) is 1.75. The van der Waals surface area contributed by atoms with Gasteiger partial charge in [-0.05, 0) is 0 Å². The number of nitro benzene ring substituents is 2. The lowest BCUT2D eigenvalue weighted by Gasteiger charge is -2.34. The molecular weight excluding hydrogens is 428 g/mol. The van der Waals surface area contributed by atoms with Gasteiger partial charge in [-0.1, -0.05) is 24.3 Å². The van der Waals surface area contributed by atoms with Gasteiger partial charge in [0.2, 0.25) is 0 Å². The molecule has 0 amide bonds. The van der Waals surface area contributed by atoms with Crippen LogP contribution in [0.5, 0.6) is 0 Å². The number of non-ortho nitro benzene ring substituents is 2. The molecule has 2 fully saturated rings. The molecule has 32 heavy (non-hydrogen) atoms. The second-order valence-electron chi connectivity index (χ2n) is 7.32. The molecule has 2 saturated heterocycles. The molecule has 0 radical (unpaired) electrons. The second-order valence-corrected chi connectivity index (χ2v) is 7.32. The second kappa shape index (κ2) is 9.24. The van der Waals surface area contributed by atoms with Crippen molar-refractivity contribution >= 4 is 11.4 Å². The van der Waals surface area contributed by atoms with Gasteiger partial charge in [0.15, 0.2) is 12.6 Å². The van der Waals surface area contributed by atoms with E-state index in [1.165, 1.54) is 36.4 Å². The van der Waals surface area contributed by atoms with Crippen LogP contribution in [-0.4, -0.2) is 57.7 Å². The third kappa shape index (κ3) is 4.46. The van der Waals surface area contributed by atoms with Crippen LogP contribution in [0.1, 0.15) is 23.7 Å². The standard InChI is InChI=1S/C20H20N2O10/c23-9-15-17(24)18-16(31-20(32-18)12-4-2-6-14(8-12)22(27)28)10-29-19(30-15)11-3-1-5-13(7-11)21(25)26/h1-8,15-20,23-24H,9-10H2/t15-,16+,17-,18-,19?,20?/m0/s1. The minimum atomic E-state index is -1.32. The molecule has 12 nitrogen and oxygen atoms in total. The normalized spacial score (nSPS) is 30.2. The number of rotatable bonds is 5. The van der Waals surface area contributed by atoms with Crippen LogP contribution in [0.25, 0.3) is 0 Å². The topological polar surface area (TPSA) is 164 Å². The highest BCUT2D eigenvalue weighted by Crippen LogP contribution is 2.38. The van der Waals surface area contributed by atoms with Gasteiger partial charge < -0.3 is 29.2 Å². The van der Waals surface area contributed by atoms with Gasteiger partial charge >= 0.3 is 0 Å². The molecule has 2 unspecified atom stereocenters. The number of hydrogen-bond acceptors (Lipinski definition) is 10. The van der Waals surface area contributed by atoms with Crippen LogP contribution in [0.4, 0.5) is 11.4 Å². The van der Waals surface area contributed by atoms with Gasteiger partial charge in [-0.2, -0.15) is 0 Å². The smallest absolute Gasteiger partial charge is 0.269 e. The van der Waals surface area contributed by atoms with E-state index < -0.39 is 53.4 Å². The zero-order chi connectivity index (χ0) is 22.8. The summed E-state index contributed by atoms with van der Waals surface area (Å²) in [6.45, 7) is -0.678. The van der Waals surface area contributed by atoms with E-state index in [9.17, 15) is 30.4 Å². The Balaban J connectivity index is 1.57. The molecule has 2 heterocycles. The highest BCUT2D eigenvalue weighted by molar-refractivity contribution is 5.36. The molecule has 2 aromatic carbocycles. The Bertz CT molecular complexity index is 1000. The van der Waals surface area contributed by atoms with E-state index in [-0.39, 0.29) is 18.0 Å². The summed E-state index contributed by atoms with van der Waals surface area (Å²) in [4.78, 5) is 21.0. The molecule has 4 rings (SSSR count). The summed E-state index contributed by atoms with van der Waals surface area (Å²) < 4.78 is 23.1. The molecule has 0 spiro atoms. The molecule has 2 aliphatic heterocycles. The first-order valence-corrected chi connectivity index (χ1v) is 9.73. The van der Waals surface area contributed by atoms with Crippen molar-refractivity contribution < 1.29 is 39.0 Å². The first kappa shape index (κ1) is 22.2. The third-order valence-corrected chi connectivity index (χ3v) is 5.26. The zero-order valence-electron chi connectivity index (χ0n) is 16.6. The molecule has 2 aromatic rings. The summed E-state index contributed by atoms with van der Waals surface area (Å²) in [6, 6.07) is 11.4. The Hall–Kier alpha value is -3.00. The van der Waals surface area contributed by atoms with Crippen LogP contribution >= 0.6 is 0 Å². The van der Waals surface area contributed by atoms with E-state index in [4.69, 9.17) is 18.9 Å². The molecule has 0 aromatic heterocycles. The Morgan fingerprint density at radius 3 is 2.06 bits per heavy atom. The Morgan fingerprint density at radius 2 is 1.50 bits per heavy atom. The van der Waals surface area contributed by atoms with Gasteiger partial charge in [-0.15, -0.1) is 0 Å². The molecule has 2 N–H and O–H groups in total. The van der Waals surface area contributed by atoms with E-state index in [1.54, 1.807) is 12.1 Å². The maximum absolute atomic E-state index is 11.1. The summed E-state index contributed by atoms with van der Waals surface area (Å²) >= 11 is 0. The minimum absolute atomic E-state index is 0.0986. The van der Waals surface area contributed by atoms with E-state index in [2.05, 4.69) is 0 Å². The summed E-state index contributed by atoms with van der Waals surface area (Å²) in [6.07, 6.45) is -6.30. The number of hydrogen-bond donors (Lipinski definition) is 2. The molecule has 0 aliphatic carbocycles. The lowest BCUT2D eigenvalue weighted by molar-refractivity contribution is -0.385. The van der Waals surface area contributed by atoms with E-state index in [0.29, 0.717) is 11.1 Å². The predicted molar refractivity (Wildman–Crippen MR) is 105 cm³/mol. The van der Waals surface area contributed by atoms with Crippen LogP contribution in [0.2, 0.25) is 0 Å². The quantitative estimate of drug-likeness (QED) is 0.509. The minimum Gasteiger partial charge on any atom is -0.394 e. The lowest BCUT2D eigenvalue weighted by Crippen LogP contribution is -2.49. The highest BCUT2D eigenvalue weighted by Gasteiger charge is 2.47. The zero-order valence-corrected chi connectivity index (χ0v) is 16.6. The molecule has 0 bridgehead atoms. The Labute approximate surface area is 181 Å². The van der Waals surface area contributed by atoms with Crippen molar-refractivity contribution in [2.24, 2.45) is 0 Å². The number of aliphatic hydroxyl groups is 2. The average molecular weight is 448 g/mol. The lowest BCUT2D eigenvalue weighted by atomic mass is 10.0. The summed E-state index contributed by atoms with van der Waals surface area (Å²) in [7, 11) is 0. The Morgan fingerprint density at radius 1 is 0.906 bits per heavy atom. The van der Waals surface area contributed by atoms with Crippen molar-refractivity contribution in [3.8, 4) is 0 Å². The van der Waals surface area contributed by atoms with E-state index in [0.717, 1.165) is 0 Å². The maximum atomic E-state index is 11.1. The van der Waals surface area contributed by atoms with Crippen molar-refractivity contribution in [2.75, 3.05) is 13.2 Å². The summed E-state index contributed by atoms with van der Waals surface area (Å²) in [5.41, 5.74) is 0.410. The fraction of sp³-hybridized carbons (Fsp3) is 0.400. The van der Waals surface area contributed by atoms with Crippen LogP contribution in [0, 0.1) is 20.2 Å². The van der Waals surface area contributed by atoms with Gasteiger partial charge in [-0.25, -0.2) is 0 Å². The largest absolute Gasteiger partial charge is 0.394 e. The molecule has 6 atom stereocenters. The molecular formula is C20H20N2O10. The van der Waals surface area contributed by atoms with Crippen molar-refractivity contribution in [3.05, 3.63) is 79.9 Å². The number of nitrogens with zero attached hydrogens (tertiary/aromatic N) is 2. The molecule has 0 saturated carbocycles. The summed E-state index contributed by atoms with van der Waals surface area (Å²) in [5, 5.41) is 42.7. The average Bonchev–Trinajstić information content (AvgIpc) is 3.22. The number of fused-ring (bicyclic) bond motifs is 1. The third-order valence-electron chi connectivity index (χ3n) is 5.26. The first-order valence-electron chi connectivity index (χ1n) is 9.73. The van der Waals surface area contributed by atoms with Crippen molar-refractivity contribution in [3.63, 3.8) is 0 Å². The van der Waals surface area contributed by atoms with Crippen LogP contribution in [0.15, 0.2) is 48.5 Å². The number of ether oxygens (including phenoxy) is 4. The van der Waals surface area contributed by atoms with E-state index >= 15 is 0 Å². The number of aliphatic hydroxyl groups excluding tert-OH is 2. The number of nitro groups is 2. The first-order chi connectivity index (χ1) is 15.4. The van der Waals surface area contributed by atoms with Crippen LogP contribution < -0.4 is 0 Å². The van der Waals surface area contributed by atoms with Gasteiger partial charge in [0.05, 0.1) is 23.1 Å². The molecule has 170 valence electrons. The van der Waals surface area contributed by atoms with Crippen LogP contribution in [0.3, 0.4) is 0 Å². The maximum Gasteiger partial charge on any atom is 0.269 e. The fourth-order valence-corrected chi connectivity index (χ4v) is 3.66. The molecule has 12 heteroatoms. The molecule has 2 aliphatic rings. The van der Waals surface area contributed by atoms with Gasteiger partial charge in [0.1, 0.15) is 24.4 Å². The highest BCUT2D eigenvalue weighted by atomic mass is 16.8. The Kier molecular flexibility index (Phi) is 6.41. The van der Waals surface area contributed by atoms with Crippen molar-refractivity contribution in [1.29, 1.82) is 0 Å². The van der Waals surface area contributed by atoms with Crippen molar-refractivity contribution in [1.82, 2.24) is 0 Å². The van der Waals surface area contributed by atoms with Crippen LogP contribution in [-0.2, 0) is 18.9 Å². The SMILES string of the molecule is O=[N+]([O-])c1cccc(C2OC[C@H]3OC(c4cccc([N+](=O)[O-])c4)O[C@@H]3[C@@H](O)[C@H](CO)O2)c1. The number of benzene rings is 2. The monoisotopic (exact) mass is 448 g/mol. The summed E-state index contributed by atoms with van der Waals surface area (Å²) in [5.74, 6) is 0. The van der Waals surface area contributed by atoms with Gasteiger partial charge in [0, 0.05) is 35.4 Å². The van der Waals surface area contributed by atoms with Gasteiger partial charge in [-0.3, -0.25) is 20.2 Å². The van der Waals surface area contributed by atoms with E-state index in [1.807, 2.05) is 0 Å².